The average Bonchev–Trinajstić information content (AvgIpc) is 2.34. The number of aliphatic carboxylic acids is 1. The summed E-state index contributed by atoms with van der Waals surface area (Å²) in [5.41, 5.74) is 5.96. The Morgan fingerprint density at radius 2 is 2.00 bits per heavy atom. The molecule has 1 aliphatic heterocycles. The number of hydrogen-bond donors (Lipinski definition) is 2. The van der Waals surface area contributed by atoms with E-state index in [1.807, 2.05) is 0 Å². The number of β-lactam (4-membered cyclic amide) rings is 1. The van der Waals surface area contributed by atoms with Crippen LogP contribution in [0.3, 0.4) is 0 Å². The highest BCUT2D eigenvalue weighted by molar-refractivity contribution is 6.12. The minimum atomic E-state index is -1.10. The van der Waals surface area contributed by atoms with Crippen molar-refractivity contribution in [3.05, 3.63) is 24.3 Å². The first-order valence-corrected chi connectivity index (χ1v) is 5.02. The first-order chi connectivity index (χ1) is 8.06. The van der Waals surface area contributed by atoms with Crippen molar-refractivity contribution in [1.82, 2.24) is 0 Å². The summed E-state index contributed by atoms with van der Waals surface area (Å²) in [7, 11) is 1.53. The maximum absolute atomic E-state index is 11.5. The number of carboxylic acids is 1. The second-order valence-corrected chi connectivity index (χ2v) is 3.72. The van der Waals surface area contributed by atoms with Crippen LogP contribution in [0, 0.1) is 0 Å². The van der Waals surface area contributed by atoms with Gasteiger partial charge in [0.2, 0.25) is 5.91 Å². The van der Waals surface area contributed by atoms with Gasteiger partial charge in [-0.1, -0.05) is 0 Å². The largest absolute Gasteiger partial charge is 0.497 e. The second-order valence-electron chi connectivity index (χ2n) is 3.72. The van der Waals surface area contributed by atoms with Gasteiger partial charge in [0.05, 0.1) is 7.11 Å². The summed E-state index contributed by atoms with van der Waals surface area (Å²) >= 11 is 0. The molecule has 2 rings (SSSR count). The van der Waals surface area contributed by atoms with Crippen LogP contribution in [0.15, 0.2) is 24.3 Å². The third-order valence-electron chi connectivity index (χ3n) is 2.74. The van der Waals surface area contributed by atoms with E-state index in [2.05, 4.69) is 0 Å². The van der Waals surface area contributed by atoms with Crippen LogP contribution in [0.5, 0.6) is 5.75 Å². The number of nitrogens with zero attached hydrogens (tertiary/aromatic N) is 1. The summed E-state index contributed by atoms with van der Waals surface area (Å²) in [4.78, 5) is 23.7. The van der Waals surface area contributed by atoms with Crippen LogP contribution in [0.25, 0.3) is 0 Å². The number of carbonyl (C=O) groups is 2. The first kappa shape index (κ1) is 11.4. The molecule has 6 nitrogen and oxygen atoms in total. The Hall–Kier alpha value is -2.08. The highest BCUT2D eigenvalue weighted by Crippen LogP contribution is 2.28. The van der Waals surface area contributed by atoms with E-state index in [1.54, 1.807) is 24.3 Å². The summed E-state index contributed by atoms with van der Waals surface area (Å²) in [5, 5.41) is 8.96. The zero-order valence-corrected chi connectivity index (χ0v) is 9.16. The molecule has 90 valence electrons. The SMILES string of the molecule is COc1ccc(N2C(=O)C(N)C2C(=O)O)cc1. The number of carbonyl (C=O) groups excluding carboxylic acids is 1. The fourth-order valence-electron chi connectivity index (χ4n) is 1.81. The molecule has 2 atom stereocenters. The zero-order chi connectivity index (χ0) is 12.6. The van der Waals surface area contributed by atoms with Crippen LogP contribution in [0.2, 0.25) is 0 Å². The average molecular weight is 236 g/mol. The Kier molecular flexibility index (Phi) is 2.72. The molecule has 0 bridgehead atoms. The highest BCUT2D eigenvalue weighted by Gasteiger charge is 2.50. The number of benzene rings is 1. The second kappa shape index (κ2) is 4.06. The van der Waals surface area contributed by atoms with Gasteiger partial charge in [0.1, 0.15) is 11.8 Å². The number of rotatable bonds is 3. The van der Waals surface area contributed by atoms with Gasteiger partial charge in [0, 0.05) is 5.69 Å². The molecule has 1 heterocycles. The number of amides is 1. The molecule has 1 aliphatic rings. The molecule has 0 radical (unpaired) electrons. The normalized spacial score (nSPS) is 23.2. The molecule has 2 unspecified atom stereocenters. The molecule has 1 fully saturated rings. The van der Waals surface area contributed by atoms with Gasteiger partial charge >= 0.3 is 5.97 Å². The molecule has 3 N–H and O–H groups in total. The maximum Gasteiger partial charge on any atom is 0.329 e. The van der Waals surface area contributed by atoms with E-state index in [9.17, 15) is 9.59 Å². The van der Waals surface area contributed by atoms with Gasteiger partial charge in [-0.25, -0.2) is 4.79 Å². The Morgan fingerprint density at radius 1 is 1.41 bits per heavy atom. The molecule has 1 saturated heterocycles. The summed E-state index contributed by atoms with van der Waals surface area (Å²) in [6.45, 7) is 0. The molecule has 0 spiro atoms. The van der Waals surface area contributed by atoms with Crippen LogP contribution in [-0.4, -0.2) is 36.2 Å². The van der Waals surface area contributed by atoms with Crippen LogP contribution >= 0.6 is 0 Å². The van der Waals surface area contributed by atoms with Crippen LogP contribution < -0.4 is 15.4 Å². The summed E-state index contributed by atoms with van der Waals surface area (Å²) < 4.78 is 4.98. The lowest BCUT2D eigenvalue weighted by Crippen LogP contribution is -2.72. The van der Waals surface area contributed by atoms with Crippen molar-refractivity contribution in [2.45, 2.75) is 12.1 Å². The molecule has 1 amide bonds. The van der Waals surface area contributed by atoms with Crippen molar-refractivity contribution >= 4 is 17.6 Å². The molecular formula is C11H12N2O4. The van der Waals surface area contributed by atoms with Crippen molar-refractivity contribution in [3.8, 4) is 5.75 Å². The molecule has 1 aromatic carbocycles. The van der Waals surface area contributed by atoms with E-state index in [0.717, 1.165) is 0 Å². The smallest absolute Gasteiger partial charge is 0.329 e. The van der Waals surface area contributed by atoms with Gasteiger partial charge in [-0.3, -0.25) is 9.69 Å². The van der Waals surface area contributed by atoms with Gasteiger partial charge in [-0.2, -0.15) is 0 Å². The molecule has 0 aliphatic carbocycles. The molecule has 17 heavy (non-hydrogen) atoms. The predicted octanol–water partition coefficient (Wildman–Crippen LogP) is -0.178. The predicted molar refractivity (Wildman–Crippen MR) is 59.9 cm³/mol. The molecule has 0 saturated carbocycles. The topological polar surface area (TPSA) is 92.9 Å². The monoisotopic (exact) mass is 236 g/mol. The van der Waals surface area contributed by atoms with E-state index in [0.29, 0.717) is 11.4 Å². The van der Waals surface area contributed by atoms with Crippen molar-refractivity contribution in [1.29, 1.82) is 0 Å². The van der Waals surface area contributed by atoms with Crippen molar-refractivity contribution in [2.75, 3.05) is 12.0 Å². The quantitative estimate of drug-likeness (QED) is 0.710. The number of methoxy groups -OCH3 is 1. The zero-order valence-electron chi connectivity index (χ0n) is 9.16. The maximum atomic E-state index is 11.5. The number of anilines is 1. The van der Waals surface area contributed by atoms with Gasteiger partial charge < -0.3 is 15.6 Å². The summed E-state index contributed by atoms with van der Waals surface area (Å²) in [6, 6.07) is 4.61. The number of ether oxygens (including phenoxy) is 1. The number of nitrogens with two attached hydrogens (primary N) is 1. The van der Waals surface area contributed by atoms with E-state index in [-0.39, 0.29) is 5.91 Å². The third kappa shape index (κ3) is 1.72. The Morgan fingerprint density at radius 3 is 2.47 bits per heavy atom. The Bertz CT molecular complexity index is 457. The van der Waals surface area contributed by atoms with E-state index in [1.165, 1.54) is 12.0 Å². The van der Waals surface area contributed by atoms with Gasteiger partial charge in [-0.15, -0.1) is 0 Å². The fraction of sp³-hybridized carbons (Fsp3) is 0.273. The number of hydrogen-bond acceptors (Lipinski definition) is 4. The lowest BCUT2D eigenvalue weighted by molar-refractivity contribution is -0.146. The summed E-state index contributed by atoms with van der Waals surface area (Å²) in [6.07, 6.45) is 0. The number of carboxylic acid groups (broad SMARTS) is 1. The lowest BCUT2D eigenvalue weighted by Gasteiger charge is -2.42. The standard InChI is InChI=1S/C11H12N2O4/c1-17-7-4-2-6(3-5-7)13-9(11(15)16)8(12)10(13)14/h2-5,8-9H,12H2,1H3,(H,15,16). The van der Waals surface area contributed by atoms with Crippen LogP contribution in [-0.2, 0) is 9.59 Å². The van der Waals surface area contributed by atoms with Gasteiger partial charge in [0.15, 0.2) is 6.04 Å². The summed E-state index contributed by atoms with van der Waals surface area (Å²) in [5.74, 6) is -0.853. The molecule has 1 aromatic rings. The molecule has 6 heteroatoms. The lowest BCUT2D eigenvalue weighted by atomic mass is 9.95. The van der Waals surface area contributed by atoms with Gasteiger partial charge in [0.25, 0.3) is 0 Å². The van der Waals surface area contributed by atoms with Crippen molar-refractivity contribution < 1.29 is 19.4 Å². The Labute approximate surface area is 97.6 Å². The van der Waals surface area contributed by atoms with Crippen LogP contribution in [0.4, 0.5) is 5.69 Å². The van der Waals surface area contributed by atoms with Crippen molar-refractivity contribution in [3.63, 3.8) is 0 Å². The molecule has 0 aromatic heterocycles. The highest BCUT2D eigenvalue weighted by atomic mass is 16.5. The van der Waals surface area contributed by atoms with E-state index in [4.69, 9.17) is 15.6 Å². The van der Waals surface area contributed by atoms with E-state index < -0.39 is 18.1 Å². The fourth-order valence-corrected chi connectivity index (χ4v) is 1.81. The first-order valence-electron chi connectivity index (χ1n) is 5.02. The van der Waals surface area contributed by atoms with Gasteiger partial charge in [-0.05, 0) is 24.3 Å². The van der Waals surface area contributed by atoms with Crippen molar-refractivity contribution in [2.24, 2.45) is 5.73 Å². The van der Waals surface area contributed by atoms with Crippen LogP contribution in [0.1, 0.15) is 0 Å². The third-order valence-corrected chi connectivity index (χ3v) is 2.74. The minimum Gasteiger partial charge on any atom is -0.497 e. The molecular weight excluding hydrogens is 224 g/mol. The Balaban J connectivity index is 2.26. The van der Waals surface area contributed by atoms with E-state index >= 15 is 0 Å². The minimum absolute atomic E-state index is 0.387.